The van der Waals surface area contributed by atoms with Gasteiger partial charge >= 0.3 is 5.97 Å². The molecule has 7 nitrogen and oxygen atoms in total. The lowest BCUT2D eigenvalue weighted by molar-refractivity contribution is -0.384. The number of esters is 1. The number of carbonyl (C=O) groups excluding carboxylic acids is 1. The predicted octanol–water partition coefficient (Wildman–Crippen LogP) is 4.43. The molecular weight excluding hydrogens is 346 g/mol. The molecule has 0 spiro atoms. The van der Waals surface area contributed by atoms with Gasteiger partial charge in [-0.15, -0.1) is 0 Å². The summed E-state index contributed by atoms with van der Waals surface area (Å²) in [5.41, 5.74) is 2.59. The van der Waals surface area contributed by atoms with Crippen molar-refractivity contribution in [3.05, 3.63) is 81.5 Å². The van der Waals surface area contributed by atoms with Gasteiger partial charge in [0.05, 0.1) is 21.9 Å². The summed E-state index contributed by atoms with van der Waals surface area (Å²) >= 11 is 0. The second-order valence-electron chi connectivity index (χ2n) is 6.45. The Kier molecular flexibility index (Phi) is 5.03. The molecule has 0 saturated carbocycles. The third-order valence-electron chi connectivity index (χ3n) is 4.15. The maximum absolute atomic E-state index is 12.6. The lowest BCUT2D eigenvalue weighted by atomic mass is 10.1. The molecule has 0 unspecified atom stereocenters. The van der Waals surface area contributed by atoms with E-state index in [1.165, 1.54) is 16.8 Å². The van der Waals surface area contributed by atoms with Gasteiger partial charge in [0.1, 0.15) is 0 Å². The number of hydrogen-bond donors (Lipinski definition) is 0. The second kappa shape index (κ2) is 7.41. The number of ether oxygens (including phenoxy) is 1. The minimum Gasteiger partial charge on any atom is -0.404 e. The number of aromatic nitrogens is 2. The van der Waals surface area contributed by atoms with E-state index in [9.17, 15) is 14.9 Å². The van der Waals surface area contributed by atoms with Crippen LogP contribution in [0.5, 0.6) is 5.88 Å². The monoisotopic (exact) mass is 365 g/mol. The zero-order valence-electron chi connectivity index (χ0n) is 15.2. The van der Waals surface area contributed by atoms with E-state index in [1.54, 1.807) is 30.3 Å². The van der Waals surface area contributed by atoms with Crippen LogP contribution in [0, 0.1) is 17.0 Å². The van der Waals surface area contributed by atoms with Crippen molar-refractivity contribution in [2.75, 3.05) is 0 Å². The average molecular weight is 365 g/mol. The van der Waals surface area contributed by atoms with Crippen LogP contribution < -0.4 is 4.74 Å². The van der Waals surface area contributed by atoms with Gasteiger partial charge in [0, 0.05) is 18.2 Å². The van der Waals surface area contributed by atoms with Gasteiger partial charge in [0.2, 0.25) is 5.88 Å². The Bertz CT molecular complexity index is 991. The third kappa shape index (κ3) is 3.87. The van der Waals surface area contributed by atoms with Crippen LogP contribution in [0.1, 0.15) is 41.4 Å². The van der Waals surface area contributed by atoms with Crippen LogP contribution >= 0.6 is 0 Å². The zero-order chi connectivity index (χ0) is 19.6. The van der Waals surface area contributed by atoms with E-state index >= 15 is 0 Å². The van der Waals surface area contributed by atoms with Crippen molar-refractivity contribution in [3.8, 4) is 11.6 Å². The summed E-state index contributed by atoms with van der Waals surface area (Å²) < 4.78 is 7.08. The molecule has 27 heavy (non-hydrogen) atoms. The fourth-order valence-corrected chi connectivity index (χ4v) is 2.59. The van der Waals surface area contributed by atoms with Gasteiger partial charge in [-0.1, -0.05) is 32.0 Å². The number of hydrogen-bond acceptors (Lipinski definition) is 5. The van der Waals surface area contributed by atoms with E-state index in [0.717, 1.165) is 11.3 Å². The van der Waals surface area contributed by atoms with Crippen LogP contribution in [-0.2, 0) is 0 Å². The molecule has 0 aliphatic rings. The third-order valence-corrected chi connectivity index (χ3v) is 4.15. The van der Waals surface area contributed by atoms with Crippen LogP contribution in [0.3, 0.4) is 0 Å². The van der Waals surface area contributed by atoms with Gasteiger partial charge in [-0.2, -0.15) is 5.10 Å². The van der Waals surface area contributed by atoms with Crippen molar-refractivity contribution in [2.45, 2.75) is 26.7 Å². The first-order chi connectivity index (χ1) is 12.9. The highest BCUT2D eigenvalue weighted by Crippen LogP contribution is 2.26. The predicted molar refractivity (Wildman–Crippen MR) is 100 cm³/mol. The zero-order valence-corrected chi connectivity index (χ0v) is 15.2. The van der Waals surface area contributed by atoms with E-state index in [0.29, 0.717) is 11.3 Å². The number of carbonyl (C=O) groups is 1. The highest BCUT2D eigenvalue weighted by atomic mass is 16.6. The molecule has 0 atom stereocenters. The fourth-order valence-electron chi connectivity index (χ4n) is 2.59. The molecule has 0 aliphatic carbocycles. The van der Waals surface area contributed by atoms with Gasteiger partial charge in [-0.05, 0) is 36.6 Å². The first-order valence-electron chi connectivity index (χ1n) is 8.49. The van der Waals surface area contributed by atoms with Crippen LogP contribution in [0.15, 0.2) is 54.6 Å². The molecule has 0 radical (unpaired) electrons. The number of non-ortho nitro benzene ring substituents is 1. The van der Waals surface area contributed by atoms with Gasteiger partial charge in [-0.25, -0.2) is 9.48 Å². The van der Waals surface area contributed by atoms with Crippen molar-refractivity contribution in [3.63, 3.8) is 0 Å². The largest absolute Gasteiger partial charge is 0.404 e. The average Bonchev–Trinajstić information content (AvgIpc) is 3.06. The molecule has 138 valence electrons. The molecule has 1 heterocycles. The molecule has 0 aliphatic heterocycles. The van der Waals surface area contributed by atoms with Gasteiger partial charge in [-0.3, -0.25) is 10.1 Å². The maximum atomic E-state index is 12.6. The number of aryl methyl sites for hydroxylation is 1. The second-order valence-corrected chi connectivity index (χ2v) is 6.45. The molecule has 0 fully saturated rings. The fraction of sp³-hybridized carbons (Fsp3) is 0.200. The molecule has 0 saturated heterocycles. The highest BCUT2D eigenvalue weighted by molar-refractivity contribution is 5.92. The van der Waals surface area contributed by atoms with Crippen molar-refractivity contribution in [2.24, 2.45) is 0 Å². The topological polar surface area (TPSA) is 87.3 Å². The number of nitro groups is 1. The number of nitro benzene ring substituents is 1. The van der Waals surface area contributed by atoms with Gasteiger partial charge in [0.15, 0.2) is 0 Å². The van der Waals surface area contributed by atoms with Crippen LogP contribution in [0.2, 0.25) is 0 Å². The van der Waals surface area contributed by atoms with E-state index in [-0.39, 0.29) is 17.5 Å². The Morgan fingerprint density at radius 3 is 2.41 bits per heavy atom. The molecule has 3 rings (SSSR count). The molecule has 1 aromatic heterocycles. The first kappa shape index (κ1) is 18.3. The summed E-state index contributed by atoms with van der Waals surface area (Å²) in [4.78, 5) is 23.0. The normalized spacial score (nSPS) is 10.8. The van der Waals surface area contributed by atoms with Crippen molar-refractivity contribution >= 4 is 11.7 Å². The minimum absolute atomic E-state index is 0.0200. The Hall–Kier alpha value is -3.48. The van der Waals surface area contributed by atoms with Crippen LogP contribution in [0.25, 0.3) is 5.69 Å². The van der Waals surface area contributed by atoms with Crippen molar-refractivity contribution in [1.82, 2.24) is 9.78 Å². The lowest BCUT2D eigenvalue weighted by Gasteiger charge is -2.09. The molecule has 3 aromatic rings. The molecule has 0 amide bonds. The van der Waals surface area contributed by atoms with Crippen molar-refractivity contribution < 1.29 is 14.5 Å². The number of benzene rings is 2. The summed E-state index contributed by atoms with van der Waals surface area (Å²) in [6.45, 7) is 5.80. The van der Waals surface area contributed by atoms with Gasteiger partial charge < -0.3 is 4.74 Å². The standard InChI is InChI=1S/C20H19N3O4/c1-13(2)18-12-19(27-20(24)17-7-5-4-6-14(17)3)22(21-18)15-8-10-16(11-9-15)23(25)26/h4-13H,1-3H3. The van der Waals surface area contributed by atoms with E-state index < -0.39 is 10.9 Å². The van der Waals surface area contributed by atoms with Crippen molar-refractivity contribution in [1.29, 1.82) is 0 Å². The summed E-state index contributed by atoms with van der Waals surface area (Å²) in [6, 6.07) is 14.8. The number of rotatable bonds is 5. The molecular formula is C20H19N3O4. The smallest absolute Gasteiger partial charge is 0.345 e. The molecule has 2 aromatic carbocycles. The Balaban J connectivity index is 1.98. The summed E-state index contributed by atoms with van der Waals surface area (Å²) in [6.07, 6.45) is 0. The van der Waals surface area contributed by atoms with E-state index in [4.69, 9.17) is 4.74 Å². The van der Waals surface area contributed by atoms with E-state index in [1.807, 2.05) is 32.9 Å². The highest BCUT2D eigenvalue weighted by Gasteiger charge is 2.19. The number of nitrogens with zero attached hydrogens (tertiary/aromatic N) is 3. The Morgan fingerprint density at radius 1 is 1.15 bits per heavy atom. The Labute approximate surface area is 156 Å². The summed E-state index contributed by atoms with van der Waals surface area (Å²) in [5.74, 6) is -0.0903. The molecule has 0 bridgehead atoms. The van der Waals surface area contributed by atoms with Crippen LogP contribution in [0.4, 0.5) is 5.69 Å². The minimum atomic E-state index is -0.480. The summed E-state index contributed by atoms with van der Waals surface area (Å²) in [5, 5.41) is 15.4. The quantitative estimate of drug-likeness (QED) is 0.379. The maximum Gasteiger partial charge on any atom is 0.345 e. The van der Waals surface area contributed by atoms with E-state index in [2.05, 4.69) is 5.10 Å². The first-order valence-corrected chi connectivity index (χ1v) is 8.49. The molecule has 7 heteroatoms. The summed E-state index contributed by atoms with van der Waals surface area (Å²) in [7, 11) is 0. The Morgan fingerprint density at radius 2 is 1.81 bits per heavy atom. The van der Waals surface area contributed by atoms with Crippen LogP contribution in [-0.4, -0.2) is 20.7 Å². The SMILES string of the molecule is Cc1ccccc1C(=O)Oc1cc(C(C)C)nn1-c1ccc([N+](=O)[O-])cc1. The molecule has 0 N–H and O–H groups in total. The lowest BCUT2D eigenvalue weighted by Crippen LogP contribution is -2.13. The van der Waals surface area contributed by atoms with Gasteiger partial charge in [0.25, 0.3) is 5.69 Å².